The third-order valence-corrected chi connectivity index (χ3v) is 5.71. The molecule has 1 aromatic heterocycles. The maximum absolute atomic E-state index is 14.3. The van der Waals surface area contributed by atoms with Gasteiger partial charge in [-0.1, -0.05) is 32.8 Å². The summed E-state index contributed by atoms with van der Waals surface area (Å²) in [6, 6.07) is 3.11. The van der Waals surface area contributed by atoms with Crippen molar-refractivity contribution in [2.75, 3.05) is 11.0 Å². The molecule has 198 valence electrons. The highest BCUT2D eigenvalue weighted by molar-refractivity contribution is 7.92. The van der Waals surface area contributed by atoms with E-state index in [9.17, 15) is 35.2 Å². The molecule has 1 heterocycles. The number of amides is 1. The largest absolute Gasteiger partial charge is 0.433 e. The molecule has 36 heavy (non-hydrogen) atoms. The number of aromatic nitrogens is 1. The molecular formula is C24H28F5N3O3S. The topological polar surface area (TPSA) is 88.2 Å². The lowest BCUT2D eigenvalue weighted by molar-refractivity contribution is -0.141. The second-order valence-electron chi connectivity index (χ2n) is 8.32. The van der Waals surface area contributed by atoms with Gasteiger partial charge in [0, 0.05) is 11.8 Å². The minimum absolute atomic E-state index is 0.0470. The highest BCUT2D eigenvalue weighted by atomic mass is 32.2. The van der Waals surface area contributed by atoms with Gasteiger partial charge < -0.3 is 5.32 Å². The van der Waals surface area contributed by atoms with Gasteiger partial charge in [-0.15, -0.1) is 0 Å². The first-order chi connectivity index (χ1) is 16.7. The Kier molecular flexibility index (Phi) is 9.58. The molecular weight excluding hydrogens is 505 g/mol. The lowest BCUT2D eigenvalue weighted by Gasteiger charge is -2.17. The van der Waals surface area contributed by atoms with E-state index in [-0.39, 0.29) is 17.7 Å². The average Bonchev–Trinajstić information content (AvgIpc) is 2.74. The van der Waals surface area contributed by atoms with Crippen LogP contribution in [-0.2, 0) is 27.4 Å². The van der Waals surface area contributed by atoms with E-state index in [1.54, 1.807) is 11.6 Å². The highest BCUT2D eigenvalue weighted by Crippen LogP contribution is 2.31. The van der Waals surface area contributed by atoms with Gasteiger partial charge >= 0.3 is 6.18 Å². The summed E-state index contributed by atoms with van der Waals surface area (Å²) < 4.78 is 92.4. The van der Waals surface area contributed by atoms with Crippen LogP contribution in [0.2, 0.25) is 0 Å². The third kappa shape index (κ3) is 8.00. The number of carbonyl (C=O) groups is 1. The number of pyridine rings is 1. The number of sulfonamides is 1. The monoisotopic (exact) mass is 533 g/mol. The molecule has 1 atom stereocenters. The molecule has 0 saturated carbocycles. The van der Waals surface area contributed by atoms with Gasteiger partial charge in [-0.2, -0.15) is 13.2 Å². The van der Waals surface area contributed by atoms with E-state index in [4.69, 9.17) is 0 Å². The number of nitrogens with one attached hydrogen (secondary N) is 2. The van der Waals surface area contributed by atoms with Crippen LogP contribution in [0, 0.1) is 11.6 Å². The van der Waals surface area contributed by atoms with Crippen molar-refractivity contribution in [2.24, 2.45) is 0 Å². The van der Waals surface area contributed by atoms with E-state index in [0.717, 1.165) is 24.5 Å². The summed E-state index contributed by atoms with van der Waals surface area (Å²) in [5, 5.41) is 2.58. The summed E-state index contributed by atoms with van der Waals surface area (Å²) in [6.07, 6.45) is -0.779. The van der Waals surface area contributed by atoms with Crippen LogP contribution in [0.25, 0.3) is 5.57 Å². The average molecular weight is 534 g/mol. The highest BCUT2D eigenvalue weighted by Gasteiger charge is 2.33. The van der Waals surface area contributed by atoms with Crippen LogP contribution in [0.3, 0.4) is 0 Å². The predicted molar refractivity (Wildman–Crippen MR) is 128 cm³/mol. The first-order valence-electron chi connectivity index (χ1n) is 11.2. The second kappa shape index (κ2) is 11.8. The summed E-state index contributed by atoms with van der Waals surface area (Å²) in [5.74, 6) is -2.93. The maximum Gasteiger partial charge on any atom is 0.433 e. The molecule has 0 bridgehead atoms. The lowest BCUT2D eigenvalue weighted by Crippen LogP contribution is -2.25. The van der Waals surface area contributed by atoms with Gasteiger partial charge in [0.2, 0.25) is 15.9 Å². The number of anilines is 1. The first-order valence-corrected chi connectivity index (χ1v) is 13.1. The Bertz CT molecular complexity index is 1220. The van der Waals surface area contributed by atoms with Gasteiger partial charge in [0.05, 0.1) is 12.3 Å². The third-order valence-electron chi connectivity index (χ3n) is 5.13. The molecule has 1 aromatic carbocycles. The zero-order valence-electron chi connectivity index (χ0n) is 20.3. The number of hydrogen-bond donors (Lipinski definition) is 2. The fourth-order valence-corrected chi connectivity index (χ4v) is 4.12. The molecule has 2 aromatic rings. The molecule has 0 fully saturated rings. The SMILES string of the molecule is CCC/C(=C\C(=O)NC(C)c1cc(F)c(NS(C)(=O)=O)c(F)c1)c1ccc(C(F)(F)F)nc1CCC. The Morgan fingerprint density at radius 2 is 1.72 bits per heavy atom. The Morgan fingerprint density at radius 3 is 2.22 bits per heavy atom. The lowest BCUT2D eigenvalue weighted by atomic mass is 9.96. The standard InChI is InChI=1S/C24H28F5N3O3S/c1-5-7-15(17-9-10-21(24(27,28)29)31-20(17)8-6-2)13-22(33)30-14(3)16-11-18(25)23(19(26)12-16)32-36(4,34)35/h9-14,32H,5-8H2,1-4H3,(H,30,33)/b15-13+. The van der Waals surface area contributed by atoms with E-state index in [2.05, 4.69) is 10.3 Å². The minimum Gasteiger partial charge on any atom is -0.346 e. The van der Waals surface area contributed by atoms with Crippen LogP contribution in [-0.4, -0.2) is 25.6 Å². The molecule has 1 amide bonds. The number of alkyl halides is 3. The molecule has 0 aliphatic carbocycles. The van der Waals surface area contributed by atoms with Gasteiger partial charge in [0.25, 0.3) is 0 Å². The van der Waals surface area contributed by atoms with Crippen molar-refractivity contribution in [3.8, 4) is 0 Å². The molecule has 0 aliphatic rings. The van der Waals surface area contributed by atoms with Crippen molar-refractivity contribution in [1.29, 1.82) is 0 Å². The van der Waals surface area contributed by atoms with Crippen molar-refractivity contribution in [3.05, 3.63) is 64.5 Å². The van der Waals surface area contributed by atoms with Crippen LogP contribution in [0.4, 0.5) is 27.6 Å². The minimum atomic E-state index is -4.60. The number of rotatable bonds is 10. The Balaban J connectivity index is 2.35. The molecule has 0 aliphatic heterocycles. The van der Waals surface area contributed by atoms with Crippen molar-refractivity contribution in [1.82, 2.24) is 10.3 Å². The van der Waals surface area contributed by atoms with E-state index >= 15 is 0 Å². The van der Waals surface area contributed by atoms with Crippen molar-refractivity contribution in [2.45, 2.75) is 58.7 Å². The predicted octanol–water partition coefficient (Wildman–Crippen LogP) is 5.76. The number of benzene rings is 1. The zero-order valence-corrected chi connectivity index (χ0v) is 21.1. The van der Waals surface area contributed by atoms with Crippen LogP contribution < -0.4 is 10.0 Å². The van der Waals surface area contributed by atoms with E-state index in [1.807, 2.05) is 6.92 Å². The maximum atomic E-state index is 14.3. The molecule has 0 spiro atoms. The number of aryl methyl sites for hydroxylation is 1. The summed E-state index contributed by atoms with van der Waals surface area (Å²) in [7, 11) is -3.91. The van der Waals surface area contributed by atoms with Crippen molar-refractivity contribution in [3.63, 3.8) is 0 Å². The molecule has 6 nitrogen and oxygen atoms in total. The number of nitrogens with zero attached hydrogens (tertiary/aromatic N) is 1. The number of hydrogen-bond acceptors (Lipinski definition) is 4. The van der Waals surface area contributed by atoms with Crippen LogP contribution in [0.5, 0.6) is 0 Å². The smallest absolute Gasteiger partial charge is 0.346 e. The molecule has 0 saturated heterocycles. The molecule has 0 radical (unpaired) electrons. The summed E-state index contributed by atoms with van der Waals surface area (Å²) in [6.45, 7) is 5.13. The summed E-state index contributed by atoms with van der Waals surface area (Å²) in [5.41, 5.74) is -0.652. The number of allylic oxidation sites excluding steroid dienone is 1. The van der Waals surface area contributed by atoms with Gasteiger partial charge in [0.1, 0.15) is 11.4 Å². The first kappa shape index (κ1) is 29.2. The van der Waals surface area contributed by atoms with Gasteiger partial charge in [-0.3, -0.25) is 9.52 Å². The van der Waals surface area contributed by atoms with Gasteiger partial charge in [0.15, 0.2) is 11.6 Å². The summed E-state index contributed by atoms with van der Waals surface area (Å²) in [4.78, 5) is 16.5. The Hall–Kier alpha value is -3.02. The second-order valence-corrected chi connectivity index (χ2v) is 10.1. The molecule has 12 heteroatoms. The van der Waals surface area contributed by atoms with Gasteiger partial charge in [-0.25, -0.2) is 22.2 Å². The van der Waals surface area contributed by atoms with Crippen LogP contribution >= 0.6 is 0 Å². The zero-order chi connectivity index (χ0) is 27.3. The normalized spacial score (nSPS) is 13.4. The van der Waals surface area contributed by atoms with E-state index in [1.165, 1.54) is 19.1 Å². The van der Waals surface area contributed by atoms with E-state index < -0.39 is 51.2 Å². The van der Waals surface area contributed by atoms with Crippen molar-refractivity contribution >= 4 is 27.2 Å². The fourth-order valence-electron chi connectivity index (χ4n) is 3.56. The molecule has 2 rings (SSSR count). The fraction of sp³-hybridized carbons (Fsp3) is 0.417. The quantitative estimate of drug-likeness (QED) is 0.300. The van der Waals surface area contributed by atoms with Crippen molar-refractivity contribution < 1.29 is 35.2 Å². The Morgan fingerprint density at radius 1 is 1.11 bits per heavy atom. The summed E-state index contributed by atoms with van der Waals surface area (Å²) >= 11 is 0. The number of halogens is 5. The van der Waals surface area contributed by atoms with E-state index in [0.29, 0.717) is 30.4 Å². The van der Waals surface area contributed by atoms with Crippen LogP contribution in [0.15, 0.2) is 30.3 Å². The number of carbonyl (C=O) groups excluding carboxylic acids is 1. The Labute approximate surface area is 207 Å². The van der Waals surface area contributed by atoms with Gasteiger partial charge in [-0.05, 0) is 54.7 Å². The van der Waals surface area contributed by atoms with Crippen LogP contribution in [0.1, 0.15) is 68.6 Å². The molecule has 1 unspecified atom stereocenters. The molecule has 2 N–H and O–H groups in total.